The first-order valence-electron chi connectivity index (χ1n) is 5.21. The molecule has 0 saturated heterocycles. The highest BCUT2D eigenvalue weighted by molar-refractivity contribution is 7.07. The first-order valence-corrected chi connectivity index (χ1v) is 6.09. The highest BCUT2D eigenvalue weighted by atomic mass is 32.1. The van der Waals surface area contributed by atoms with E-state index in [-0.39, 0.29) is 10.4 Å². The van der Waals surface area contributed by atoms with Crippen LogP contribution in [0.3, 0.4) is 0 Å². The molecular weight excluding hydrogens is 254 g/mol. The molecule has 2 aromatic rings. The van der Waals surface area contributed by atoms with E-state index in [4.69, 9.17) is 5.11 Å². The largest absolute Gasteiger partial charge is 0.478 e. The van der Waals surface area contributed by atoms with E-state index in [1.54, 1.807) is 11.4 Å². The van der Waals surface area contributed by atoms with Gasteiger partial charge in [-0.25, -0.2) is 4.79 Å². The average Bonchev–Trinajstić information content (AvgIpc) is 2.76. The van der Waals surface area contributed by atoms with Gasteiger partial charge in [0.2, 0.25) is 0 Å². The third kappa shape index (κ3) is 3.25. The van der Waals surface area contributed by atoms with Gasteiger partial charge in [-0.2, -0.15) is 0 Å². The smallest absolute Gasteiger partial charge is 0.337 e. The standard InChI is InChI=1S/C11H11N3O3S/c15-10(16)7-1-2-8(13-3-7)4-12-5-9-6-18-11(17)14-9/h1-3,6,12H,4-5H2,(H,14,17)(H,15,16). The van der Waals surface area contributed by atoms with Gasteiger partial charge in [0.1, 0.15) is 0 Å². The summed E-state index contributed by atoms with van der Waals surface area (Å²) in [5.41, 5.74) is 1.74. The van der Waals surface area contributed by atoms with Crippen molar-refractivity contribution in [3.8, 4) is 0 Å². The number of aromatic nitrogens is 2. The van der Waals surface area contributed by atoms with Crippen molar-refractivity contribution in [3.05, 3.63) is 50.3 Å². The second-order valence-electron chi connectivity index (χ2n) is 3.62. The van der Waals surface area contributed by atoms with Gasteiger partial charge in [0, 0.05) is 30.4 Å². The zero-order valence-electron chi connectivity index (χ0n) is 9.34. The maximum absolute atomic E-state index is 10.9. The number of rotatable bonds is 5. The summed E-state index contributed by atoms with van der Waals surface area (Å²) in [5, 5.41) is 13.6. The van der Waals surface area contributed by atoms with E-state index in [9.17, 15) is 9.59 Å². The van der Waals surface area contributed by atoms with Crippen molar-refractivity contribution in [1.29, 1.82) is 0 Å². The summed E-state index contributed by atoms with van der Waals surface area (Å²) in [4.78, 5) is 28.2. The van der Waals surface area contributed by atoms with E-state index in [1.807, 2.05) is 0 Å². The van der Waals surface area contributed by atoms with Crippen molar-refractivity contribution < 1.29 is 9.90 Å². The first-order chi connectivity index (χ1) is 8.65. The SMILES string of the molecule is O=C(O)c1ccc(CNCc2csc(=O)[nH]2)nc1. The molecule has 0 aliphatic heterocycles. The van der Waals surface area contributed by atoms with Crippen LogP contribution in [-0.4, -0.2) is 21.0 Å². The van der Waals surface area contributed by atoms with Crippen molar-refractivity contribution in [1.82, 2.24) is 15.3 Å². The summed E-state index contributed by atoms with van der Waals surface area (Å²) in [5.74, 6) is -0.988. The number of aromatic carboxylic acids is 1. The number of aromatic amines is 1. The molecule has 0 bridgehead atoms. The van der Waals surface area contributed by atoms with E-state index in [0.29, 0.717) is 13.1 Å². The summed E-state index contributed by atoms with van der Waals surface area (Å²) >= 11 is 1.12. The highest BCUT2D eigenvalue weighted by Crippen LogP contribution is 2.01. The fourth-order valence-corrected chi connectivity index (χ4v) is 1.96. The molecule has 0 atom stereocenters. The van der Waals surface area contributed by atoms with Crippen molar-refractivity contribution in [2.75, 3.05) is 0 Å². The van der Waals surface area contributed by atoms with Crippen LogP contribution in [0.15, 0.2) is 28.5 Å². The molecule has 2 aromatic heterocycles. The molecule has 2 heterocycles. The lowest BCUT2D eigenvalue weighted by Crippen LogP contribution is -2.14. The molecule has 94 valence electrons. The lowest BCUT2D eigenvalue weighted by atomic mass is 10.2. The van der Waals surface area contributed by atoms with Gasteiger partial charge in [-0.05, 0) is 12.1 Å². The molecule has 3 N–H and O–H groups in total. The molecule has 0 aromatic carbocycles. The molecule has 6 nitrogen and oxygen atoms in total. The van der Waals surface area contributed by atoms with Gasteiger partial charge < -0.3 is 15.4 Å². The van der Waals surface area contributed by atoms with Crippen LogP contribution in [0.1, 0.15) is 21.7 Å². The number of carbonyl (C=O) groups is 1. The summed E-state index contributed by atoms with van der Waals surface area (Å²) < 4.78 is 0. The van der Waals surface area contributed by atoms with Crippen LogP contribution in [-0.2, 0) is 13.1 Å². The Bertz CT molecular complexity index is 588. The number of carboxylic acid groups (broad SMARTS) is 1. The minimum Gasteiger partial charge on any atom is -0.478 e. The van der Waals surface area contributed by atoms with Crippen LogP contribution in [0.5, 0.6) is 0 Å². The zero-order chi connectivity index (χ0) is 13.0. The Morgan fingerprint density at radius 2 is 2.28 bits per heavy atom. The fourth-order valence-electron chi connectivity index (χ4n) is 1.38. The number of hydrogen-bond donors (Lipinski definition) is 3. The van der Waals surface area contributed by atoms with Gasteiger partial charge in [0.25, 0.3) is 0 Å². The lowest BCUT2D eigenvalue weighted by molar-refractivity contribution is 0.0696. The number of thiazole rings is 1. The first kappa shape index (κ1) is 12.5. The average molecular weight is 265 g/mol. The van der Waals surface area contributed by atoms with Crippen LogP contribution in [0.2, 0.25) is 0 Å². The van der Waals surface area contributed by atoms with Crippen molar-refractivity contribution >= 4 is 17.3 Å². The molecule has 18 heavy (non-hydrogen) atoms. The Kier molecular flexibility index (Phi) is 3.85. The Morgan fingerprint density at radius 3 is 2.83 bits per heavy atom. The second-order valence-corrected chi connectivity index (χ2v) is 4.46. The lowest BCUT2D eigenvalue weighted by Gasteiger charge is -2.02. The molecule has 2 rings (SSSR count). The maximum Gasteiger partial charge on any atom is 0.337 e. The van der Waals surface area contributed by atoms with Crippen molar-refractivity contribution in [2.45, 2.75) is 13.1 Å². The Morgan fingerprint density at radius 1 is 1.44 bits per heavy atom. The van der Waals surface area contributed by atoms with E-state index in [2.05, 4.69) is 15.3 Å². The van der Waals surface area contributed by atoms with Crippen LogP contribution in [0.25, 0.3) is 0 Å². The Labute approximate surface area is 106 Å². The Hall–Kier alpha value is -1.99. The second kappa shape index (κ2) is 5.56. The zero-order valence-corrected chi connectivity index (χ0v) is 10.2. The van der Waals surface area contributed by atoms with Crippen LogP contribution < -0.4 is 10.2 Å². The van der Waals surface area contributed by atoms with Gasteiger partial charge in [-0.15, -0.1) is 0 Å². The van der Waals surface area contributed by atoms with E-state index >= 15 is 0 Å². The monoisotopic (exact) mass is 265 g/mol. The molecule has 0 fully saturated rings. The number of carboxylic acids is 1. The molecular formula is C11H11N3O3S. The minimum atomic E-state index is -0.988. The number of H-pyrrole nitrogens is 1. The summed E-state index contributed by atoms with van der Waals surface area (Å²) in [6.45, 7) is 1.05. The number of nitrogens with one attached hydrogen (secondary N) is 2. The quantitative estimate of drug-likeness (QED) is 0.744. The normalized spacial score (nSPS) is 10.4. The van der Waals surface area contributed by atoms with Gasteiger partial charge in [-0.3, -0.25) is 9.78 Å². The van der Waals surface area contributed by atoms with E-state index < -0.39 is 5.97 Å². The predicted molar refractivity (Wildman–Crippen MR) is 66.7 cm³/mol. The predicted octanol–water partition coefficient (Wildman–Crippen LogP) is 0.819. The molecule has 0 spiro atoms. The van der Waals surface area contributed by atoms with Crippen molar-refractivity contribution in [3.63, 3.8) is 0 Å². The molecule has 0 unspecified atom stereocenters. The van der Waals surface area contributed by atoms with Gasteiger partial charge in [0.15, 0.2) is 0 Å². The fraction of sp³-hybridized carbons (Fsp3) is 0.182. The number of nitrogens with zero attached hydrogens (tertiary/aromatic N) is 1. The third-order valence-corrected chi connectivity index (χ3v) is 2.98. The number of pyridine rings is 1. The molecule has 0 radical (unpaired) electrons. The molecule has 0 saturated carbocycles. The van der Waals surface area contributed by atoms with Gasteiger partial charge in [0.05, 0.1) is 11.3 Å². The summed E-state index contributed by atoms with van der Waals surface area (Å²) in [6, 6.07) is 3.17. The van der Waals surface area contributed by atoms with Crippen LogP contribution in [0.4, 0.5) is 0 Å². The van der Waals surface area contributed by atoms with Crippen molar-refractivity contribution in [2.24, 2.45) is 0 Å². The van der Waals surface area contributed by atoms with Crippen LogP contribution >= 0.6 is 11.3 Å². The molecule has 7 heteroatoms. The molecule has 0 amide bonds. The molecule has 0 aliphatic carbocycles. The maximum atomic E-state index is 10.9. The minimum absolute atomic E-state index is 0.0734. The molecule has 0 aliphatic rings. The Balaban J connectivity index is 1.86. The van der Waals surface area contributed by atoms with E-state index in [1.165, 1.54) is 12.3 Å². The topological polar surface area (TPSA) is 95.1 Å². The third-order valence-electron chi connectivity index (χ3n) is 2.26. The van der Waals surface area contributed by atoms with Gasteiger partial charge >= 0.3 is 10.8 Å². The number of hydrogen-bond acceptors (Lipinski definition) is 5. The van der Waals surface area contributed by atoms with Crippen LogP contribution in [0, 0.1) is 0 Å². The van der Waals surface area contributed by atoms with Gasteiger partial charge in [-0.1, -0.05) is 11.3 Å². The van der Waals surface area contributed by atoms with E-state index in [0.717, 1.165) is 22.7 Å². The summed E-state index contributed by atoms with van der Waals surface area (Å²) in [7, 11) is 0. The summed E-state index contributed by atoms with van der Waals surface area (Å²) in [6.07, 6.45) is 1.33. The highest BCUT2D eigenvalue weighted by Gasteiger charge is 2.03.